The van der Waals surface area contributed by atoms with Gasteiger partial charge in [-0.05, 0) is 57.4 Å². The molecule has 2 unspecified atom stereocenters. The fourth-order valence-electron chi connectivity index (χ4n) is 2.24. The summed E-state index contributed by atoms with van der Waals surface area (Å²) in [4.78, 5) is 4.43. The maximum absolute atomic E-state index is 9.46. The lowest BCUT2D eigenvalue weighted by atomic mass is 10.1. The predicted octanol–water partition coefficient (Wildman–Crippen LogP) is 2.99. The molecule has 3 heteroatoms. The number of aliphatic hydroxyl groups excluding tert-OH is 1. The Hall–Kier alpha value is -1.35. The summed E-state index contributed by atoms with van der Waals surface area (Å²) < 4.78 is 2.15. The monoisotopic (exact) mass is 232 g/mol. The van der Waals surface area contributed by atoms with E-state index in [-0.39, 0.29) is 12.1 Å². The van der Waals surface area contributed by atoms with Crippen molar-refractivity contribution in [3.63, 3.8) is 0 Å². The summed E-state index contributed by atoms with van der Waals surface area (Å²) in [6, 6.07) is 4.56. The zero-order valence-electron chi connectivity index (χ0n) is 10.9. The van der Waals surface area contributed by atoms with Crippen LogP contribution in [-0.4, -0.2) is 20.8 Å². The van der Waals surface area contributed by atoms with Crippen molar-refractivity contribution in [3.8, 4) is 0 Å². The highest BCUT2D eigenvalue weighted by Crippen LogP contribution is 2.23. The number of fused-ring (bicyclic) bond motifs is 1. The molecule has 92 valence electrons. The Bertz CT molecular complexity index is 528. The normalized spacial score (nSPS) is 15.1. The van der Waals surface area contributed by atoms with E-state index in [4.69, 9.17) is 0 Å². The van der Waals surface area contributed by atoms with E-state index in [2.05, 4.69) is 42.5 Å². The molecule has 0 saturated heterocycles. The highest BCUT2D eigenvalue weighted by atomic mass is 16.3. The summed E-state index contributed by atoms with van der Waals surface area (Å²) in [5.74, 6) is 0. The number of aliphatic hydroxyl groups is 1. The second-order valence-corrected chi connectivity index (χ2v) is 5.01. The number of aromatic nitrogens is 2. The first kappa shape index (κ1) is 12.1. The summed E-state index contributed by atoms with van der Waals surface area (Å²) in [6.07, 6.45) is 2.34. The number of nitrogens with zero attached hydrogens (tertiary/aromatic N) is 2. The second-order valence-electron chi connectivity index (χ2n) is 5.01. The van der Waals surface area contributed by atoms with Gasteiger partial charge in [-0.25, -0.2) is 4.98 Å². The van der Waals surface area contributed by atoms with Gasteiger partial charge in [0.15, 0.2) is 0 Å². The molecule has 0 aliphatic carbocycles. The van der Waals surface area contributed by atoms with Crippen molar-refractivity contribution in [2.45, 2.75) is 46.3 Å². The van der Waals surface area contributed by atoms with Gasteiger partial charge in [0.1, 0.15) is 0 Å². The van der Waals surface area contributed by atoms with Crippen LogP contribution in [0.4, 0.5) is 0 Å². The molecule has 0 bridgehead atoms. The van der Waals surface area contributed by atoms with Gasteiger partial charge in [0, 0.05) is 6.04 Å². The summed E-state index contributed by atoms with van der Waals surface area (Å²) >= 11 is 0. The molecule has 0 aliphatic rings. The van der Waals surface area contributed by atoms with Gasteiger partial charge in [0.05, 0.1) is 23.5 Å². The van der Waals surface area contributed by atoms with Gasteiger partial charge in [-0.1, -0.05) is 0 Å². The number of benzene rings is 1. The third-order valence-corrected chi connectivity index (χ3v) is 3.35. The molecule has 17 heavy (non-hydrogen) atoms. The van der Waals surface area contributed by atoms with Gasteiger partial charge >= 0.3 is 0 Å². The van der Waals surface area contributed by atoms with E-state index in [0.717, 1.165) is 17.5 Å². The van der Waals surface area contributed by atoms with Crippen molar-refractivity contribution in [1.29, 1.82) is 0 Å². The maximum Gasteiger partial charge on any atom is 0.0960 e. The molecular weight excluding hydrogens is 212 g/mol. The average molecular weight is 232 g/mol. The summed E-state index contributed by atoms with van der Waals surface area (Å²) in [5, 5.41) is 9.46. The van der Waals surface area contributed by atoms with E-state index >= 15 is 0 Å². The molecule has 2 atom stereocenters. The number of rotatable bonds is 3. The molecule has 3 nitrogen and oxygen atoms in total. The van der Waals surface area contributed by atoms with Crippen molar-refractivity contribution in [1.82, 2.24) is 9.55 Å². The van der Waals surface area contributed by atoms with Crippen LogP contribution in [0.2, 0.25) is 0 Å². The molecule has 1 heterocycles. The Morgan fingerprint density at radius 3 is 2.53 bits per heavy atom. The molecule has 1 N–H and O–H groups in total. The van der Waals surface area contributed by atoms with Crippen molar-refractivity contribution in [2.24, 2.45) is 0 Å². The number of imidazole rings is 1. The van der Waals surface area contributed by atoms with Gasteiger partial charge in [-0.3, -0.25) is 0 Å². The Labute approximate surface area is 102 Å². The zero-order valence-corrected chi connectivity index (χ0v) is 10.9. The Morgan fingerprint density at radius 2 is 1.88 bits per heavy atom. The van der Waals surface area contributed by atoms with E-state index in [1.54, 1.807) is 0 Å². The fourth-order valence-corrected chi connectivity index (χ4v) is 2.24. The maximum atomic E-state index is 9.46. The minimum absolute atomic E-state index is 0.266. The Kier molecular flexibility index (Phi) is 3.20. The summed E-state index contributed by atoms with van der Waals surface area (Å²) in [7, 11) is 0. The summed E-state index contributed by atoms with van der Waals surface area (Å²) in [5.41, 5.74) is 4.74. The smallest absolute Gasteiger partial charge is 0.0960 e. The van der Waals surface area contributed by atoms with Crippen LogP contribution in [0.3, 0.4) is 0 Å². The molecule has 0 saturated carbocycles. The summed E-state index contributed by atoms with van der Waals surface area (Å²) in [6.45, 7) is 8.16. The van der Waals surface area contributed by atoms with Crippen molar-refractivity contribution >= 4 is 11.0 Å². The van der Waals surface area contributed by atoms with Crippen LogP contribution < -0.4 is 0 Å². The molecular formula is C14H20N2O. The standard InChI is InChI=1S/C14H20N2O/c1-9-5-13-14(6-10(9)2)16(8-15-13)11(3)7-12(4)17/h5-6,8,11-12,17H,7H2,1-4H3. The van der Waals surface area contributed by atoms with E-state index in [9.17, 15) is 5.11 Å². The van der Waals surface area contributed by atoms with E-state index in [1.165, 1.54) is 11.1 Å². The minimum Gasteiger partial charge on any atom is -0.393 e. The lowest BCUT2D eigenvalue weighted by Gasteiger charge is -2.16. The van der Waals surface area contributed by atoms with Crippen molar-refractivity contribution in [2.75, 3.05) is 0 Å². The molecule has 1 aromatic heterocycles. The van der Waals surface area contributed by atoms with Crippen LogP contribution in [-0.2, 0) is 0 Å². The predicted molar refractivity (Wildman–Crippen MR) is 70.2 cm³/mol. The van der Waals surface area contributed by atoms with Gasteiger partial charge in [0.2, 0.25) is 0 Å². The number of hydrogen-bond donors (Lipinski definition) is 1. The molecule has 0 radical (unpaired) electrons. The van der Waals surface area contributed by atoms with Gasteiger partial charge < -0.3 is 9.67 Å². The van der Waals surface area contributed by atoms with E-state index in [0.29, 0.717) is 0 Å². The lowest BCUT2D eigenvalue weighted by molar-refractivity contribution is 0.166. The van der Waals surface area contributed by atoms with E-state index < -0.39 is 0 Å². The quantitative estimate of drug-likeness (QED) is 0.883. The minimum atomic E-state index is -0.283. The van der Waals surface area contributed by atoms with Gasteiger partial charge in [-0.2, -0.15) is 0 Å². The van der Waals surface area contributed by atoms with Crippen LogP contribution in [0.1, 0.15) is 37.4 Å². The topological polar surface area (TPSA) is 38.0 Å². The van der Waals surface area contributed by atoms with Crippen LogP contribution in [0.15, 0.2) is 18.5 Å². The first-order valence-corrected chi connectivity index (χ1v) is 6.11. The highest BCUT2D eigenvalue weighted by molar-refractivity contribution is 5.77. The Morgan fingerprint density at radius 1 is 1.24 bits per heavy atom. The number of aryl methyl sites for hydroxylation is 2. The fraction of sp³-hybridized carbons (Fsp3) is 0.500. The van der Waals surface area contributed by atoms with Crippen molar-refractivity contribution in [3.05, 3.63) is 29.6 Å². The first-order valence-electron chi connectivity index (χ1n) is 6.11. The second kappa shape index (κ2) is 4.49. The first-order chi connectivity index (χ1) is 7.99. The van der Waals surface area contributed by atoms with Crippen LogP contribution >= 0.6 is 0 Å². The van der Waals surface area contributed by atoms with E-state index in [1.807, 2.05) is 13.3 Å². The third kappa shape index (κ3) is 2.34. The molecule has 0 amide bonds. The molecule has 0 spiro atoms. The molecule has 0 aliphatic heterocycles. The SMILES string of the molecule is Cc1cc2ncn(C(C)CC(C)O)c2cc1C. The average Bonchev–Trinajstić information content (AvgIpc) is 2.60. The van der Waals surface area contributed by atoms with Gasteiger partial charge in [-0.15, -0.1) is 0 Å². The van der Waals surface area contributed by atoms with Crippen LogP contribution in [0.25, 0.3) is 11.0 Å². The highest BCUT2D eigenvalue weighted by Gasteiger charge is 2.12. The Balaban J connectivity index is 2.45. The van der Waals surface area contributed by atoms with Crippen molar-refractivity contribution < 1.29 is 5.11 Å². The zero-order chi connectivity index (χ0) is 12.6. The van der Waals surface area contributed by atoms with Crippen LogP contribution in [0, 0.1) is 13.8 Å². The van der Waals surface area contributed by atoms with Crippen LogP contribution in [0.5, 0.6) is 0 Å². The third-order valence-electron chi connectivity index (χ3n) is 3.35. The molecule has 0 fully saturated rings. The molecule has 1 aromatic carbocycles. The molecule has 2 aromatic rings. The van der Waals surface area contributed by atoms with Gasteiger partial charge in [0.25, 0.3) is 0 Å². The molecule has 2 rings (SSSR count). The number of hydrogen-bond acceptors (Lipinski definition) is 2. The largest absolute Gasteiger partial charge is 0.393 e. The lowest BCUT2D eigenvalue weighted by Crippen LogP contribution is -2.11.